The van der Waals surface area contributed by atoms with Crippen molar-refractivity contribution in [1.82, 2.24) is 9.55 Å². The van der Waals surface area contributed by atoms with Gasteiger partial charge in [0.05, 0.1) is 23.7 Å². The van der Waals surface area contributed by atoms with Crippen molar-refractivity contribution in [1.29, 1.82) is 5.26 Å². The molecule has 0 amide bonds. The molecule has 1 unspecified atom stereocenters. The number of rotatable bonds is 5. The molecule has 0 saturated heterocycles. The molecule has 0 saturated carbocycles. The molecule has 1 atom stereocenters. The van der Waals surface area contributed by atoms with Gasteiger partial charge in [-0.2, -0.15) is 5.26 Å². The number of nitrogens with zero attached hydrogens (tertiary/aromatic N) is 3. The minimum Gasteiger partial charge on any atom is -0.333 e. The average Bonchev–Trinajstić information content (AvgIpc) is 2.88. The Bertz CT molecular complexity index is 622. The predicted octanol–water partition coefficient (Wildman–Crippen LogP) is 2.39. The minimum atomic E-state index is 0.176. The van der Waals surface area contributed by atoms with Crippen LogP contribution in [0.4, 0.5) is 0 Å². The topological polar surface area (TPSA) is 67.6 Å². The first-order chi connectivity index (χ1) is 9.62. The lowest BCUT2D eigenvalue weighted by molar-refractivity contribution is 0.638. The van der Waals surface area contributed by atoms with Gasteiger partial charge in [-0.3, -0.25) is 0 Å². The first-order valence-corrected chi connectivity index (χ1v) is 6.88. The van der Waals surface area contributed by atoms with Crippen molar-refractivity contribution in [2.75, 3.05) is 0 Å². The number of hydrogen-bond donors (Lipinski definition) is 1. The lowest BCUT2D eigenvalue weighted by Gasteiger charge is -2.07. The monoisotopic (exact) mass is 268 g/mol. The molecular weight excluding hydrogens is 248 g/mol. The van der Waals surface area contributed by atoms with Crippen molar-refractivity contribution >= 4 is 0 Å². The maximum absolute atomic E-state index is 8.88. The Hall–Kier alpha value is -2.12. The number of imidazole rings is 1. The summed E-state index contributed by atoms with van der Waals surface area (Å²) in [6, 6.07) is 8.11. The van der Waals surface area contributed by atoms with Crippen molar-refractivity contribution in [2.45, 2.75) is 39.3 Å². The number of hydrogen-bond acceptors (Lipinski definition) is 3. The zero-order valence-electron chi connectivity index (χ0n) is 12.0. The highest BCUT2D eigenvalue weighted by Gasteiger charge is 2.06. The molecule has 104 valence electrons. The summed E-state index contributed by atoms with van der Waals surface area (Å²) in [5.74, 6) is 0. The van der Waals surface area contributed by atoms with Crippen molar-refractivity contribution < 1.29 is 0 Å². The molecule has 2 aromatic rings. The van der Waals surface area contributed by atoms with Crippen LogP contribution in [0, 0.1) is 18.3 Å². The van der Waals surface area contributed by atoms with Gasteiger partial charge < -0.3 is 10.3 Å². The molecule has 0 aliphatic heterocycles. The number of benzene rings is 1. The van der Waals surface area contributed by atoms with E-state index in [0.717, 1.165) is 30.6 Å². The van der Waals surface area contributed by atoms with E-state index < -0.39 is 0 Å². The average molecular weight is 268 g/mol. The molecule has 1 aromatic carbocycles. The Balaban J connectivity index is 2.09. The van der Waals surface area contributed by atoms with Gasteiger partial charge in [0.15, 0.2) is 0 Å². The smallest absolute Gasteiger partial charge is 0.0991 e. The van der Waals surface area contributed by atoms with E-state index in [1.807, 2.05) is 37.6 Å². The molecule has 2 rings (SSSR count). The van der Waals surface area contributed by atoms with Gasteiger partial charge in [0.25, 0.3) is 0 Å². The largest absolute Gasteiger partial charge is 0.333 e. The molecule has 20 heavy (non-hydrogen) atoms. The Kier molecular flexibility index (Phi) is 4.54. The van der Waals surface area contributed by atoms with Crippen LogP contribution in [-0.4, -0.2) is 15.6 Å². The van der Waals surface area contributed by atoms with Crippen LogP contribution >= 0.6 is 0 Å². The van der Waals surface area contributed by atoms with Gasteiger partial charge in [-0.1, -0.05) is 13.0 Å². The molecule has 1 heterocycles. The van der Waals surface area contributed by atoms with Crippen LogP contribution in [0.25, 0.3) is 0 Å². The Morgan fingerprint density at radius 1 is 1.45 bits per heavy atom. The summed E-state index contributed by atoms with van der Waals surface area (Å²) in [7, 11) is 0. The van der Waals surface area contributed by atoms with Crippen molar-refractivity contribution in [3.05, 3.63) is 53.1 Å². The van der Waals surface area contributed by atoms with E-state index in [0.29, 0.717) is 5.56 Å². The minimum absolute atomic E-state index is 0.176. The molecule has 0 bridgehead atoms. The Morgan fingerprint density at radius 3 is 2.90 bits per heavy atom. The van der Waals surface area contributed by atoms with Crippen LogP contribution in [0.1, 0.15) is 35.7 Å². The van der Waals surface area contributed by atoms with Crippen molar-refractivity contribution in [3.63, 3.8) is 0 Å². The fourth-order valence-corrected chi connectivity index (χ4v) is 2.15. The van der Waals surface area contributed by atoms with E-state index >= 15 is 0 Å². The van der Waals surface area contributed by atoms with E-state index in [-0.39, 0.29) is 6.04 Å². The second kappa shape index (κ2) is 6.36. The van der Waals surface area contributed by atoms with E-state index in [9.17, 15) is 0 Å². The maximum Gasteiger partial charge on any atom is 0.0991 e. The number of aromatic nitrogens is 2. The van der Waals surface area contributed by atoms with E-state index in [2.05, 4.69) is 22.5 Å². The van der Waals surface area contributed by atoms with Crippen LogP contribution in [0.2, 0.25) is 0 Å². The summed E-state index contributed by atoms with van der Waals surface area (Å²) < 4.78 is 2.06. The molecule has 0 fully saturated rings. The molecule has 1 aromatic heterocycles. The zero-order valence-corrected chi connectivity index (χ0v) is 12.0. The second-order valence-corrected chi connectivity index (χ2v) is 5.16. The first kappa shape index (κ1) is 14.3. The third-order valence-electron chi connectivity index (χ3n) is 3.51. The summed E-state index contributed by atoms with van der Waals surface area (Å²) in [4.78, 5) is 4.39. The lowest BCUT2D eigenvalue weighted by Crippen LogP contribution is -2.21. The summed E-state index contributed by atoms with van der Waals surface area (Å²) in [6.07, 6.45) is 5.67. The van der Waals surface area contributed by atoms with E-state index in [4.69, 9.17) is 11.0 Å². The van der Waals surface area contributed by atoms with Crippen LogP contribution in [0.15, 0.2) is 30.7 Å². The number of nitrogens with two attached hydrogens (primary N) is 1. The molecule has 0 aliphatic carbocycles. The fourth-order valence-electron chi connectivity index (χ4n) is 2.15. The van der Waals surface area contributed by atoms with Crippen LogP contribution < -0.4 is 5.73 Å². The van der Waals surface area contributed by atoms with Gasteiger partial charge in [-0.15, -0.1) is 0 Å². The lowest BCUT2D eigenvalue weighted by atomic mass is 10.1. The van der Waals surface area contributed by atoms with Crippen molar-refractivity contribution in [2.24, 2.45) is 5.73 Å². The SMILES string of the molecule is CCC(N)Cc1cn(Cc2ccc(C#N)cc2C)cn1. The normalized spacial score (nSPS) is 12.1. The predicted molar refractivity (Wildman–Crippen MR) is 79.2 cm³/mol. The van der Waals surface area contributed by atoms with Crippen LogP contribution in [-0.2, 0) is 13.0 Å². The van der Waals surface area contributed by atoms with Crippen molar-refractivity contribution in [3.8, 4) is 6.07 Å². The van der Waals surface area contributed by atoms with Gasteiger partial charge in [0, 0.05) is 25.2 Å². The first-order valence-electron chi connectivity index (χ1n) is 6.88. The summed E-state index contributed by atoms with van der Waals surface area (Å²) >= 11 is 0. The highest BCUT2D eigenvalue weighted by Crippen LogP contribution is 2.13. The van der Waals surface area contributed by atoms with Crippen LogP contribution in [0.5, 0.6) is 0 Å². The number of nitriles is 1. The standard InChI is InChI=1S/C16H20N4/c1-3-15(18)7-16-10-20(11-19-16)9-14-5-4-13(8-17)6-12(14)2/h4-6,10-11,15H,3,7,9,18H2,1-2H3. The Morgan fingerprint density at radius 2 is 2.25 bits per heavy atom. The van der Waals surface area contributed by atoms with E-state index in [1.165, 1.54) is 5.56 Å². The quantitative estimate of drug-likeness (QED) is 0.905. The molecule has 0 spiro atoms. The zero-order chi connectivity index (χ0) is 14.5. The molecule has 2 N–H and O–H groups in total. The van der Waals surface area contributed by atoms with Gasteiger partial charge in [0.2, 0.25) is 0 Å². The molecular formula is C16H20N4. The maximum atomic E-state index is 8.88. The summed E-state index contributed by atoms with van der Waals surface area (Å²) in [5, 5.41) is 8.88. The highest BCUT2D eigenvalue weighted by atomic mass is 15.0. The Labute approximate surface area is 119 Å². The fraction of sp³-hybridized carbons (Fsp3) is 0.375. The molecule has 4 nitrogen and oxygen atoms in total. The van der Waals surface area contributed by atoms with E-state index in [1.54, 1.807) is 0 Å². The van der Waals surface area contributed by atoms with Gasteiger partial charge in [-0.25, -0.2) is 4.98 Å². The molecule has 4 heteroatoms. The third kappa shape index (κ3) is 3.46. The highest BCUT2D eigenvalue weighted by molar-refractivity contribution is 5.37. The summed E-state index contributed by atoms with van der Waals surface area (Å²) in [5.41, 5.74) is 10.0. The number of aryl methyl sites for hydroxylation is 1. The van der Waals surface area contributed by atoms with Gasteiger partial charge in [-0.05, 0) is 36.6 Å². The van der Waals surface area contributed by atoms with Crippen LogP contribution in [0.3, 0.4) is 0 Å². The molecule has 0 aliphatic rings. The van der Waals surface area contributed by atoms with Gasteiger partial charge in [0.1, 0.15) is 0 Å². The van der Waals surface area contributed by atoms with Gasteiger partial charge >= 0.3 is 0 Å². The molecule has 0 radical (unpaired) electrons. The third-order valence-corrected chi connectivity index (χ3v) is 3.51. The second-order valence-electron chi connectivity index (χ2n) is 5.16. The summed E-state index contributed by atoms with van der Waals surface area (Å²) in [6.45, 7) is 4.88.